The highest BCUT2D eigenvalue weighted by Crippen LogP contribution is 2.24. The molecular weight excluding hydrogens is 246 g/mol. The van der Waals surface area contributed by atoms with Crippen molar-refractivity contribution < 1.29 is 14.3 Å². The predicted octanol–water partition coefficient (Wildman–Crippen LogP) is 0.286. The number of hydrogen-bond donors (Lipinski definition) is 3. The van der Waals surface area contributed by atoms with E-state index in [1.165, 1.54) is 7.11 Å². The lowest BCUT2D eigenvalue weighted by Crippen LogP contribution is -2.38. The Morgan fingerprint density at radius 2 is 2.16 bits per heavy atom. The predicted molar refractivity (Wildman–Crippen MR) is 70.9 cm³/mol. The van der Waals surface area contributed by atoms with Crippen LogP contribution in [0.25, 0.3) is 0 Å². The van der Waals surface area contributed by atoms with Gasteiger partial charge in [0, 0.05) is 6.04 Å². The Labute approximate surface area is 111 Å². The fourth-order valence-electron chi connectivity index (χ4n) is 1.68. The Hall–Kier alpha value is -2.24. The Bertz CT molecular complexity index is 498. The van der Waals surface area contributed by atoms with Gasteiger partial charge in [0.25, 0.3) is 5.91 Å². The van der Waals surface area contributed by atoms with E-state index in [0.717, 1.165) is 12.8 Å². The normalized spacial score (nSPS) is 13.7. The molecule has 0 unspecified atom stereocenters. The monoisotopic (exact) mass is 263 g/mol. The molecule has 4 N–H and O–H groups in total. The molecule has 2 amide bonds. The van der Waals surface area contributed by atoms with Crippen molar-refractivity contribution in [1.82, 2.24) is 10.6 Å². The second kappa shape index (κ2) is 5.60. The zero-order chi connectivity index (χ0) is 13.8. The second-order valence-electron chi connectivity index (χ2n) is 4.45. The Morgan fingerprint density at radius 1 is 1.42 bits per heavy atom. The molecule has 19 heavy (non-hydrogen) atoms. The molecule has 0 aromatic heterocycles. The summed E-state index contributed by atoms with van der Waals surface area (Å²) in [7, 11) is 1.48. The van der Waals surface area contributed by atoms with Gasteiger partial charge in [-0.2, -0.15) is 0 Å². The Balaban J connectivity index is 1.93. The number of para-hydroxylation sites is 1. The van der Waals surface area contributed by atoms with Crippen LogP contribution in [0.3, 0.4) is 0 Å². The highest BCUT2D eigenvalue weighted by molar-refractivity contribution is 6.01. The summed E-state index contributed by atoms with van der Waals surface area (Å²) in [6, 6.07) is 5.22. The third kappa shape index (κ3) is 3.37. The Kier molecular flexibility index (Phi) is 3.89. The van der Waals surface area contributed by atoms with Crippen molar-refractivity contribution in [1.29, 1.82) is 0 Å². The van der Waals surface area contributed by atoms with E-state index in [4.69, 9.17) is 10.5 Å². The number of methoxy groups -OCH3 is 1. The molecular formula is C13H17N3O3. The first-order valence-corrected chi connectivity index (χ1v) is 6.12. The fraction of sp³-hybridized carbons (Fsp3) is 0.385. The smallest absolute Gasteiger partial charge is 0.253 e. The van der Waals surface area contributed by atoms with Gasteiger partial charge in [0.2, 0.25) is 5.91 Å². The van der Waals surface area contributed by atoms with E-state index in [1.807, 2.05) is 0 Å². The van der Waals surface area contributed by atoms with Crippen LogP contribution in [-0.4, -0.2) is 31.5 Å². The summed E-state index contributed by atoms with van der Waals surface area (Å²) in [6.07, 6.45) is 2.03. The van der Waals surface area contributed by atoms with E-state index in [0.29, 0.717) is 11.3 Å². The number of nitrogens with two attached hydrogens (primary N) is 1. The van der Waals surface area contributed by atoms with E-state index in [2.05, 4.69) is 10.6 Å². The van der Waals surface area contributed by atoms with Gasteiger partial charge in [0.05, 0.1) is 24.9 Å². The zero-order valence-electron chi connectivity index (χ0n) is 10.7. The molecule has 0 spiro atoms. The standard InChI is InChI=1S/C13H17N3O3/c1-19-10-4-2-3-9(12(10)14)13(18)15-7-11(17)16-8-5-6-8/h2-4,8H,5-7,14H2,1H3,(H,15,18)(H,16,17). The number of amides is 2. The number of benzene rings is 1. The second-order valence-corrected chi connectivity index (χ2v) is 4.45. The molecule has 0 heterocycles. The molecule has 6 heteroatoms. The first-order chi connectivity index (χ1) is 9.11. The third-order valence-corrected chi connectivity index (χ3v) is 2.88. The summed E-state index contributed by atoms with van der Waals surface area (Å²) in [6.45, 7) is -0.0496. The number of nitrogens with one attached hydrogen (secondary N) is 2. The van der Waals surface area contributed by atoms with Crippen molar-refractivity contribution >= 4 is 17.5 Å². The highest BCUT2D eigenvalue weighted by Gasteiger charge is 2.23. The number of anilines is 1. The SMILES string of the molecule is COc1cccc(C(=O)NCC(=O)NC2CC2)c1N. The molecule has 6 nitrogen and oxygen atoms in total. The van der Waals surface area contributed by atoms with Crippen molar-refractivity contribution in [3.8, 4) is 5.75 Å². The topological polar surface area (TPSA) is 93.4 Å². The van der Waals surface area contributed by atoms with Crippen LogP contribution in [-0.2, 0) is 4.79 Å². The van der Waals surface area contributed by atoms with Crippen LogP contribution in [0.2, 0.25) is 0 Å². The van der Waals surface area contributed by atoms with E-state index in [-0.39, 0.29) is 30.1 Å². The molecule has 0 aliphatic heterocycles. The maximum Gasteiger partial charge on any atom is 0.253 e. The summed E-state index contributed by atoms with van der Waals surface area (Å²) in [5.74, 6) is -0.130. The van der Waals surface area contributed by atoms with Gasteiger partial charge in [-0.3, -0.25) is 9.59 Å². The highest BCUT2D eigenvalue weighted by atomic mass is 16.5. The van der Waals surface area contributed by atoms with E-state index >= 15 is 0 Å². The first kappa shape index (κ1) is 13.2. The lowest BCUT2D eigenvalue weighted by molar-refractivity contribution is -0.120. The van der Waals surface area contributed by atoms with Crippen molar-refractivity contribution in [2.45, 2.75) is 18.9 Å². The minimum Gasteiger partial charge on any atom is -0.495 e. The van der Waals surface area contributed by atoms with Crippen LogP contribution in [0.1, 0.15) is 23.2 Å². The lowest BCUT2D eigenvalue weighted by atomic mass is 10.1. The number of carbonyl (C=O) groups is 2. The maximum atomic E-state index is 11.9. The summed E-state index contributed by atoms with van der Waals surface area (Å²) in [5, 5.41) is 5.33. The molecule has 1 aliphatic carbocycles. The van der Waals surface area contributed by atoms with E-state index in [9.17, 15) is 9.59 Å². The van der Waals surface area contributed by atoms with Crippen molar-refractivity contribution in [3.05, 3.63) is 23.8 Å². The lowest BCUT2D eigenvalue weighted by Gasteiger charge is -2.10. The van der Waals surface area contributed by atoms with E-state index in [1.54, 1.807) is 18.2 Å². The molecule has 1 saturated carbocycles. The summed E-state index contributed by atoms with van der Waals surface area (Å²) >= 11 is 0. The van der Waals surface area contributed by atoms with Gasteiger partial charge < -0.3 is 21.1 Å². The number of rotatable bonds is 5. The third-order valence-electron chi connectivity index (χ3n) is 2.88. The Morgan fingerprint density at radius 3 is 2.79 bits per heavy atom. The van der Waals surface area contributed by atoms with Crippen LogP contribution in [0, 0.1) is 0 Å². The van der Waals surface area contributed by atoms with Crippen molar-refractivity contribution in [2.24, 2.45) is 0 Å². The summed E-state index contributed by atoms with van der Waals surface area (Å²) in [5.41, 5.74) is 6.38. The minimum absolute atomic E-state index is 0.0496. The molecule has 0 bridgehead atoms. The van der Waals surface area contributed by atoms with Crippen molar-refractivity contribution in [2.75, 3.05) is 19.4 Å². The molecule has 0 saturated heterocycles. The van der Waals surface area contributed by atoms with Gasteiger partial charge in [-0.25, -0.2) is 0 Å². The first-order valence-electron chi connectivity index (χ1n) is 6.12. The van der Waals surface area contributed by atoms with Crippen LogP contribution in [0.4, 0.5) is 5.69 Å². The number of ether oxygens (including phenoxy) is 1. The van der Waals surface area contributed by atoms with Gasteiger partial charge in [0.15, 0.2) is 0 Å². The summed E-state index contributed by atoms with van der Waals surface area (Å²) in [4.78, 5) is 23.4. The maximum absolute atomic E-state index is 11.9. The van der Waals surface area contributed by atoms with Crippen LogP contribution >= 0.6 is 0 Å². The molecule has 1 aromatic rings. The molecule has 1 fully saturated rings. The van der Waals surface area contributed by atoms with Gasteiger partial charge >= 0.3 is 0 Å². The molecule has 102 valence electrons. The van der Waals surface area contributed by atoms with Gasteiger partial charge in [-0.1, -0.05) is 6.07 Å². The fourth-order valence-corrected chi connectivity index (χ4v) is 1.68. The van der Waals surface area contributed by atoms with E-state index < -0.39 is 0 Å². The van der Waals surface area contributed by atoms with Gasteiger partial charge in [-0.05, 0) is 25.0 Å². The zero-order valence-corrected chi connectivity index (χ0v) is 10.7. The number of carbonyl (C=O) groups excluding carboxylic acids is 2. The van der Waals surface area contributed by atoms with Gasteiger partial charge in [0.1, 0.15) is 5.75 Å². The van der Waals surface area contributed by atoms with Crippen LogP contribution in [0.5, 0.6) is 5.75 Å². The average molecular weight is 263 g/mol. The minimum atomic E-state index is -0.387. The quantitative estimate of drug-likeness (QED) is 0.665. The van der Waals surface area contributed by atoms with Crippen LogP contribution < -0.4 is 21.1 Å². The molecule has 1 aliphatic rings. The van der Waals surface area contributed by atoms with Gasteiger partial charge in [-0.15, -0.1) is 0 Å². The molecule has 0 radical (unpaired) electrons. The average Bonchev–Trinajstić information content (AvgIpc) is 3.20. The largest absolute Gasteiger partial charge is 0.495 e. The summed E-state index contributed by atoms with van der Waals surface area (Å²) < 4.78 is 5.04. The van der Waals surface area contributed by atoms with Crippen LogP contribution in [0.15, 0.2) is 18.2 Å². The van der Waals surface area contributed by atoms with Crippen molar-refractivity contribution in [3.63, 3.8) is 0 Å². The molecule has 0 atom stereocenters. The number of hydrogen-bond acceptors (Lipinski definition) is 4. The molecule has 2 rings (SSSR count). The number of nitrogen functional groups attached to an aromatic ring is 1. The molecule has 1 aromatic carbocycles.